The summed E-state index contributed by atoms with van der Waals surface area (Å²) in [7, 11) is 0. The number of benzene rings is 2. The van der Waals surface area contributed by atoms with Crippen LogP contribution in [0.2, 0.25) is 5.02 Å². The van der Waals surface area contributed by atoms with Crippen molar-refractivity contribution in [2.24, 2.45) is 0 Å². The van der Waals surface area contributed by atoms with E-state index in [4.69, 9.17) is 16.0 Å². The Morgan fingerprint density at radius 2 is 1.81 bits per heavy atom. The number of nitrogens with zero attached hydrogens (tertiary/aromatic N) is 4. The molecule has 0 aliphatic heterocycles. The first-order valence-electron chi connectivity index (χ1n) is 10.2. The van der Waals surface area contributed by atoms with Gasteiger partial charge in [0.05, 0.1) is 12.2 Å². The van der Waals surface area contributed by atoms with Gasteiger partial charge in [0.2, 0.25) is 5.89 Å². The van der Waals surface area contributed by atoms with Crippen molar-refractivity contribution >= 4 is 23.2 Å². The van der Waals surface area contributed by atoms with E-state index >= 15 is 0 Å². The van der Waals surface area contributed by atoms with Crippen molar-refractivity contribution in [2.75, 3.05) is 5.32 Å². The molecular weight excluding hydrogens is 426 g/mol. The summed E-state index contributed by atoms with van der Waals surface area (Å²) in [6, 6.07) is 11.4. The van der Waals surface area contributed by atoms with Gasteiger partial charge in [0.25, 0.3) is 5.91 Å². The van der Waals surface area contributed by atoms with Gasteiger partial charge in [-0.2, -0.15) is 0 Å². The van der Waals surface area contributed by atoms with Crippen LogP contribution in [0, 0.1) is 34.6 Å². The molecule has 0 atom stereocenters. The van der Waals surface area contributed by atoms with E-state index < -0.39 is 0 Å². The van der Waals surface area contributed by atoms with Gasteiger partial charge in [-0.3, -0.25) is 4.79 Å². The Bertz CT molecular complexity index is 1300. The SMILES string of the molecule is Cc1cc(C)c(NC(=O)c2nnn(Cc3nc(-c4cccc(Cl)c4)oc3C)c2C)c(C)c1. The highest BCUT2D eigenvalue weighted by Gasteiger charge is 2.20. The molecule has 0 saturated heterocycles. The van der Waals surface area contributed by atoms with Crippen molar-refractivity contribution in [3.8, 4) is 11.5 Å². The monoisotopic (exact) mass is 449 g/mol. The van der Waals surface area contributed by atoms with Crippen molar-refractivity contribution in [2.45, 2.75) is 41.2 Å². The molecule has 4 rings (SSSR count). The number of nitrogens with one attached hydrogen (secondary N) is 1. The lowest BCUT2D eigenvalue weighted by Crippen LogP contribution is -2.16. The number of carbonyl (C=O) groups excluding carboxylic acids is 1. The van der Waals surface area contributed by atoms with Gasteiger partial charge in [-0.05, 0) is 63.9 Å². The lowest BCUT2D eigenvalue weighted by molar-refractivity contribution is 0.102. The van der Waals surface area contributed by atoms with E-state index in [0.29, 0.717) is 34.6 Å². The van der Waals surface area contributed by atoms with E-state index in [1.807, 2.05) is 58.9 Å². The highest BCUT2D eigenvalue weighted by molar-refractivity contribution is 6.30. The number of anilines is 1. The van der Waals surface area contributed by atoms with Gasteiger partial charge in [-0.1, -0.05) is 40.6 Å². The van der Waals surface area contributed by atoms with Gasteiger partial charge in [-0.15, -0.1) is 5.10 Å². The number of carbonyl (C=O) groups is 1. The zero-order valence-electron chi connectivity index (χ0n) is 18.7. The molecule has 164 valence electrons. The van der Waals surface area contributed by atoms with E-state index in [1.54, 1.807) is 16.8 Å². The van der Waals surface area contributed by atoms with Gasteiger partial charge < -0.3 is 9.73 Å². The van der Waals surface area contributed by atoms with Gasteiger partial charge in [0.15, 0.2) is 5.69 Å². The van der Waals surface area contributed by atoms with Gasteiger partial charge in [0, 0.05) is 16.3 Å². The summed E-state index contributed by atoms with van der Waals surface area (Å²) in [5, 5.41) is 11.9. The van der Waals surface area contributed by atoms with Gasteiger partial charge in [-0.25, -0.2) is 9.67 Å². The maximum atomic E-state index is 12.9. The summed E-state index contributed by atoms with van der Waals surface area (Å²) in [5.74, 6) is 0.869. The predicted octanol–water partition coefficient (Wildman–Crippen LogP) is 5.43. The van der Waals surface area contributed by atoms with Crippen LogP contribution < -0.4 is 5.32 Å². The van der Waals surface area contributed by atoms with Crippen LogP contribution in [0.15, 0.2) is 40.8 Å². The number of amides is 1. The molecule has 0 unspecified atom stereocenters. The second-order valence-electron chi connectivity index (χ2n) is 7.94. The lowest BCUT2D eigenvalue weighted by Gasteiger charge is -2.12. The van der Waals surface area contributed by atoms with Crippen LogP contribution in [0.1, 0.15) is 44.3 Å². The summed E-state index contributed by atoms with van der Waals surface area (Å²) in [6.45, 7) is 9.99. The van der Waals surface area contributed by atoms with Crippen LogP contribution in [0.3, 0.4) is 0 Å². The van der Waals surface area contributed by atoms with E-state index in [1.165, 1.54) is 0 Å². The van der Waals surface area contributed by atoms with Crippen LogP contribution in [-0.2, 0) is 6.54 Å². The third kappa shape index (κ3) is 4.29. The van der Waals surface area contributed by atoms with Crippen LogP contribution in [0.5, 0.6) is 0 Å². The molecule has 0 saturated carbocycles. The van der Waals surface area contributed by atoms with Crippen LogP contribution in [0.25, 0.3) is 11.5 Å². The number of halogens is 1. The zero-order chi connectivity index (χ0) is 23.0. The first-order valence-corrected chi connectivity index (χ1v) is 10.6. The number of hydrogen-bond donors (Lipinski definition) is 1. The Hall–Kier alpha value is -3.45. The highest BCUT2D eigenvalue weighted by atomic mass is 35.5. The Labute approximate surface area is 191 Å². The Morgan fingerprint density at radius 1 is 1.09 bits per heavy atom. The average molecular weight is 450 g/mol. The smallest absolute Gasteiger partial charge is 0.278 e. The summed E-state index contributed by atoms with van der Waals surface area (Å²) >= 11 is 6.08. The van der Waals surface area contributed by atoms with E-state index in [0.717, 1.165) is 27.9 Å². The van der Waals surface area contributed by atoms with E-state index in [-0.39, 0.29) is 11.6 Å². The topological polar surface area (TPSA) is 85.8 Å². The second kappa shape index (κ2) is 8.59. The number of oxazole rings is 1. The molecule has 4 aromatic rings. The van der Waals surface area contributed by atoms with Crippen LogP contribution >= 0.6 is 11.6 Å². The fraction of sp³-hybridized carbons (Fsp3) is 0.250. The molecule has 8 heteroatoms. The molecule has 1 N–H and O–H groups in total. The largest absolute Gasteiger partial charge is 0.441 e. The molecule has 32 heavy (non-hydrogen) atoms. The zero-order valence-corrected chi connectivity index (χ0v) is 19.4. The molecule has 0 aliphatic carbocycles. The van der Waals surface area contributed by atoms with Crippen molar-refractivity contribution in [3.05, 3.63) is 81.0 Å². The number of rotatable bonds is 5. The fourth-order valence-electron chi connectivity index (χ4n) is 3.73. The standard InChI is InChI=1S/C24H24ClN5O2/c1-13-9-14(2)21(15(3)10-13)27-23(31)22-16(4)30(29-28-22)12-20-17(5)32-24(26-20)18-7-6-8-19(25)11-18/h6-11H,12H2,1-5H3,(H,27,31). The molecule has 2 aromatic carbocycles. The van der Waals surface area contributed by atoms with Gasteiger partial charge in [0.1, 0.15) is 11.5 Å². The van der Waals surface area contributed by atoms with Gasteiger partial charge >= 0.3 is 0 Å². The fourth-order valence-corrected chi connectivity index (χ4v) is 3.92. The third-order valence-corrected chi connectivity index (χ3v) is 5.61. The molecular formula is C24H24ClN5O2. The summed E-state index contributed by atoms with van der Waals surface area (Å²) in [5.41, 5.74) is 6.40. The molecule has 0 spiro atoms. The minimum absolute atomic E-state index is 0.278. The summed E-state index contributed by atoms with van der Waals surface area (Å²) in [6.07, 6.45) is 0. The Morgan fingerprint density at radius 3 is 2.50 bits per heavy atom. The molecule has 0 bridgehead atoms. The third-order valence-electron chi connectivity index (χ3n) is 5.38. The number of aryl methyl sites for hydroxylation is 4. The van der Waals surface area contributed by atoms with Crippen LogP contribution in [0.4, 0.5) is 5.69 Å². The molecule has 0 aliphatic rings. The predicted molar refractivity (Wildman–Crippen MR) is 124 cm³/mol. The average Bonchev–Trinajstić information content (AvgIpc) is 3.28. The maximum absolute atomic E-state index is 12.9. The quantitative estimate of drug-likeness (QED) is 0.439. The number of aromatic nitrogens is 4. The van der Waals surface area contributed by atoms with Crippen LogP contribution in [-0.4, -0.2) is 25.9 Å². The number of hydrogen-bond acceptors (Lipinski definition) is 5. The molecule has 7 nitrogen and oxygen atoms in total. The summed E-state index contributed by atoms with van der Waals surface area (Å²) in [4.78, 5) is 17.5. The van der Waals surface area contributed by atoms with E-state index in [9.17, 15) is 4.79 Å². The van der Waals surface area contributed by atoms with Crippen molar-refractivity contribution in [1.29, 1.82) is 0 Å². The Balaban J connectivity index is 1.56. The maximum Gasteiger partial charge on any atom is 0.278 e. The first-order chi connectivity index (χ1) is 15.2. The Kier molecular flexibility index (Phi) is 5.84. The normalized spacial score (nSPS) is 11.1. The lowest BCUT2D eigenvalue weighted by atomic mass is 10.0. The second-order valence-corrected chi connectivity index (χ2v) is 8.38. The molecule has 1 amide bonds. The molecule has 0 radical (unpaired) electrons. The van der Waals surface area contributed by atoms with Crippen molar-refractivity contribution in [3.63, 3.8) is 0 Å². The minimum Gasteiger partial charge on any atom is -0.441 e. The summed E-state index contributed by atoms with van der Waals surface area (Å²) < 4.78 is 7.48. The molecule has 0 fully saturated rings. The molecule has 2 aromatic heterocycles. The highest BCUT2D eigenvalue weighted by Crippen LogP contribution is 2.25. The minimum atomic E-state index is -0.291. The van der Waals surface area contributed by atoms with Crippen molar-refractivity contribution in [1.82, 2.24) is 20.0 Å². The van der Waals surface area contributed by atoms with Crippen molar-refractivity contribution < 1.29 is 9.21 Å². The molecule has 2 heterocycles. The first kappa shape index (κ1) is 21.8. The van der Waals surface area contributed by atoms with E-state index in [2.05, 4.69) is 20.6 Å².